The largest absolute Gasteiger partial charge is 0.337 e. The SMILES string of the molecule is Cl.Fc1cccc(Cc2noc(C3(n4cccn4)CCNCC3)n2)c1. The maximum absolute atomic E-state index is 13.3. The summed E-state index contributed by atoms with van der Waals surface area (Å²) in [5.74, 6) is 0.863. The van der Waals surface area contributed by atoms with Gasteiger partial charge in [0.15, 0.2) is 5.82 Å². The summed E-state index contributed by atoms with van der Waals surface area (Å²) in [5, 5.41) is 11.9. The van der Waals surface area contributed by atoms with Crippen molar-refractivity contribution >= 4 is 12.4 Å². The first-order valence-electron chi connectivity index (χ1n) is 8.05. The van der Waals surface area contributed by atoms with E-state index in [9.17, 15) is 4.39 Å². The number of piperidine rings is 1. The number of nitrogens with one attached hydrogen (secondary N) is 1. The third kappa shape index (κ3) is 3.43. The van der Waals surface area contributed by atoms with Crippen molar-refractivity contribution in [2.75, 3.05) is 13.1 Å². The molecule has 0 amide bonds. The predicted octanol–water partition coefficient (Wildman–Crippen LogP) is 2.54. The average molecular weight is 364 g/mol. The third-order valence-corrected chi connectivity index (χ3v) is 4.49. The molecule has 0 atom stereocenters. The van der Waals surface area contributed by atoms with E-state index in [1.165, 1.54) is 12.1 Å². The molecule has 1 aliphatic rings. The number of nitrogens with zero attached hydrogens (tertiary/aromatic N) is 4. The number of hydrogen-bond acceptors (Lipinski definition) is 5. The third-order valence-electron chi connectivity index (χ3n) is 4.49. The summed E-state index contributed by atoms with van der Waals surface area (Å²) in [4.78, 5) is 4.60. The maximum Gasteiger partial charge on any atom is 0.254 e. The molecule has 1 saturated heterocycles. The van der Waals surface area contributed by atoms with Crippen molar-refractivity contribution in [1.29, 1.82) is 0 Å². The van der Waals surface area contributed by atoms with Crippen LogP contribution in [0.3, 0.4) is 0 Å². The molecule has 1 N–H and O–H groups in total. The standard InChI is InChI=1S/C17H18FN5O.ClH/c18-14-4-1-3-13(11-14)12-15-21-16(24-22-15)17(5-8-19-9-6-17)23-10-2-7-20-23;/h1-4,7,10-11,19H,5-6,8-9,12H2;1H. The highest BCUT2D eigenvalue weighted by Gasteiger charge is 2.41. The minimum atomic E-state index is -0.415. The second-order valence-corrected chi connectivity index (χ2v) is 6.05. The normalized spacial score (nSPS) is 16.4. The van der Waals surface area contributed by atoms with Gasteiger partial charge in [0.25, 0.3) is 5.89 Å². The number of aromatic nitrogens is 4. The average Bonchev–Trinajstić information content (AvgIpc) is 3.28. The van der Waals surface area contributed by atoms with Gasteiger partial charge in [-0.25, -0.2) is 4.39 Å². The zero-order valence-corrected chi connectivity index (χ0v) is 14.4. The van der Waals surface area contributed by atoms with Gasteiger partial charge in [0.2, 0.25) is 0 Å². The smallest absolute Gasteiger partial charge is 0.254 e. The molecule has 0 saturated carbocycles. The molecule has 6 nitrogen and oxygen atoms in total. The summed E-state index contributed by atoms with van der Waals surface area (Å²) in [6, 6.07) is 8.35. The second-order valence-electron chi connectivity index (χ2n) is 6.05. The Morgan fingerprint density at radius 1 is 1.24 bits per heavy atom. The van der Waals surface area contributed by atoms with Crippen molar-refractivity contribution in [1.82, 2.24) is 25.2 Å². The Bertz CT molecular complexity index is 814. The number of halogens is 2. The molecule has 0 bridgehead atoms. The summed E-state index contributed by atoms with van der Waals surface area (Å²) in [6.45, 7) is 1.73. The van der Waals surface area contributed by atoms with E-state index in [1.807, 2.05) is 23.0 Å². The van der Waals surface area contributed by atoms with Crippen LogP contribution in [0.2, 0.25) is 0 Å². The highest BCUT2D eigenvalue weighted by molar-refractivity contribution is 5.85. The van der Waals surface area contributed by atoms with E-state index in [2.05, 4.69) is 20.6 Å². The van der Waals surface area contributed by atoms with E-state index >= 15 is 0 Å². The molecule has 0 aliphatic carbocycles. The summed E-state index contributed by atoms with van der Waals surface area (Å²) < 4.78 is 20.8. The van der Waals surface area contributed by atoms with Gasteiger partial charge in [-0.15, -0.1) is 12.4 Å². The lowest BCUT2D eigenvalue weighted by molar-refractivity contribution is 0.172. The van der Waals surface area contributed by atoms with Crippen LogP contribution in [0, 0.1) is 5.82 Å². The summed E-state index contributed by atoms with van der Waals surface area (Å²) >= 11 is 0. The minimum Gasteiger partial charge on any atom is -0.337 e. The molecule has 0 spiro atoms. The Morgan fingerprint density at radius 3 is 2.80 bits per heavy atom. The van der Waals surface area contributed by atoms with Crippen LogP contribution in [0.25, 0.3) is 0 Å². The van der Waals surface area contributed by atoms with Crippen LogP contribution in [0.4, 0.5) is 4.39 Å². The molecule has 25 heavy (non-hydrogen) atoms. The Morgan fingerprint density at radius 2 is 2.08 bits per heavy atom. The predicted molar refractivity (Wildman–Crippen MR) is 92.2 cm³/mol. The van der Waals surface area contributed by atoms with Crippen LogP contribution in [0.5, 0.6) is 0 Å². The fraction of sp³-hybridized carbons (Fsp3) is 0.353. The highest BCUT2D eigenvalue weighted by atomic mass is 35.5. The molecular formula is C17H19ClFN5O. The van der Waals surface area contributed by atoms with E-state index < -0.39 is 5.54 Å². The molecule has 0 unspecified atom stereocenters. The van der Waals surface area contributed by atoms with Crippen molar-refractivity contribution in [3.63, 3.8) is 0 Å². The van der Waals surface area contributed by atoms with Crippen LogP contribution >= 0.6 is 12.4 Å². The fourth-order valence-electron chi connectivity index (χ4n) is 3.25. The van der Waals surface area contributed by atoms with Crippen molar-refractivity contribution in [2.45, 2.75) is 24.8 Å². The molecule has 3 heterocycles. The number of rotatable bonds is 4. The zero-order chi connectivity index (χ0) is 16.4. The van der Waals surface area contributed by atoms with E-state index in [-0.39, 0.29) is 18.2 Å². The summed E-state index contributed by atoms with van der Waals surface area (Å²) in [5.41, 5.74) is 0.405. The van der Waals surface area contributed by atoms with Crippen LogP contribution in [0.15, 0.2) is 47.2 Å². The first-order chi connectivity index (χ1) is 11.8. The monoisotopic (exact) mass is 363 g/mol. The van der Waals surface area contributed by atoms with Gasteiger partial charge in [-0.2, -0.15) is 10.1 Å². The molecule has 1 aromatic carbocycles. The number of hydrogen-bond donors (Lipinski definition) is 1. The Balaban J connectivity index is 0.00000182. The van der Waals surface area contributed by atoms with Crippen molar-refractivity contribution < 1.29 is 8.91 Å². The van der Waals surface area contributed by atoms with Gasteiger partial charge in [0, 0.05) is 18.8 Å². The summed E-state index contributed by atoms with van der Waals surface area (Å²) in [6.07, 6.45) is 5.79. The fourth-order valence-corrected chi connectivity index (χ4v) is 3.25. The van der Waals surface area contributed by atoms with Crippen molar-refractivity contribution in [2.24, 2.45) is 0 Å². The lowest BCUT2D eigenvalue weighted by Gasteiger charge is -2.34. The van der Waals surface area contributed by atoms with Crippen LogP contribution in [0.1, 0.15) is 30.1 Å². The molecule has 132 valence electrons. The van der Waals surface area contributed by atoms with E-state index in [0.29, 0.717) is 18.1 Å². The Labute approximate surface area is 150 Å². The van der Waals surface area contributed by atoms with Gasteiger partial charge in [0.1, 0.15) is 11.4 Å². The van der Waals surface area contributed by atoms with E-state index in [0.717, 1.165) is 31.5 Å². The van der Waals surface area contributed by atoms with Crippen molar-refractivity contribution in [3.05, 3.63) is 65.8 Å². The zero-order valence-electron chi connectivity index (χ0n) is 13.6. The van der Waals surface area contributed by atoms with Gasteiger partial charge in [0.05, 0.1) is 0 Å². The first-order valence-corrected chi connectivity index (χ1v) is 8.05. The highest BCUT2D eigenvalue weighted by Crippen LogP contribution is 2.33. The molecular weight excluding hydrogens is 345 g/mol. The first kappa shape index (κ1) is 17.6. The van der Waals surface area contributed by atoms with Crippen molar-refractivity contribution in [3.8, 4) is 0 Å². The summed E-state index contributed by atoms with van der Waals surface area (Å²) in [7, 11) is 0. The molecule has 1 aliphatic heterocycles. The van der Waals surface area contributed by atoms with Gasteiger partial charge in [-0.3, -0.25) is 4.68 Å². The quantitative estimate of drug-likeness (QED) is 0.771. The lowest BCUT2D eigenvalue weighted by atomic mass is 9.88. The van der Waals surface area contributed by atoms with Crippen LogP contribution in [-0.2, 0) is 12.0 Å². The maximum atomic E-state index is 13.3. The Kier molecular flexibility index (Phi) is 5.15. The van der Waals surface area contributed by atoms with Gasteiger partial charge < -0.3 is 9.84 Å². The van der Waals surface area contributed by atoms with Crippen LogP contribution in [-0.4, -0.2) is 33.0 Å². The van der Waals surface area contributed by atoms with Crippen LogP contribution < -0.4 is 5.32 Å². The second kappa shape index (κ2) is 7.33. The van der Waals surface area contributed by atoms with E-state index in [4.69, 9.17) is 4.52 Å². The minimum absolute atomic E-state index is 0. The molecule has 3 aromatic rings. The lowest BCUT2D eigenvalue weighted by Crippen LogP contribution is -2.45. The molecule has 8 heteroatoms. The topological polar surface area (TPSA) is 68.8 Å². The number of benzene rings is 1. The van der Waals surface area contributed by atoms with Gasteiger partial charge in [-0.1, -0.05) is 17.3 Å². The molecule has 1 fully saturated rings. The Hall–Kier alpha value is -2.25. The van der Waals surface area contributed by atoms with E-state index in [1.54, 1.807) is 12.3 Å². The molecule has 4 rings (SSSR count). The van der Waals surface area contributed by atoms with Gasteiger partial charge in [-0.05, 0) is 49.7 Å². The molecule has 2 aromatic heterocycles. The molecule has 0 radical (unpaired) electrons. The van der Waals surface area contributed by atoms with Gasteiger partial charge >= 0.3 is 0 Å².